The Morgan fingerprint density at radius 1 is 1.33 bits per heavy atom. The lowest BCUT2D eigenvalue weighted by Crippen LogP contribution is -2.06. The van der Waals surface area contributed by atoms with E-state index in [2.05, 4.69) is 10.3 Å². The van der Waals surface area contributed by atoms with Gasteiger partial charge < -0.3 is 5.32 Å². The van der Waals surface area contributed by atoms with Crippen LogP contribution in [0.3, 0.4) is 0 Å². The molecule has 1 heterocycles. The largest absolute Gasteiger partial charge is 0.384 e. The zero-order chi connectivity index (χ0) is 12.8. The van der Waals surface area contributed by atoms with Gasteiger partial charge in [0, 0.05) is 18.9 Å². The normalized spacial score (nSPS) is 9.78. The van der Waals surface area contributed by atoms with E-state index in [1.807, 2.05) is 18.2 Å². The molecule has 3 nitrogen and oxygen atoms in total. The van der Waals surface area contributed by atoms with Crippen LogP contribution in [0.25, 0.3) is 0 Å². The van der Waals surface area contributed by atoms with E-state index in [9.17, 15) is 4.39 Å². The number of nitrogens with one attached hydrogen (secondary N) is 1. The molecule has 0 atom stereocenters. The van der Waals surface area contributed by atoms with Crippen molar-refractivity contribution in [2.24, 2.45) is 0 Å². The van der Waals surface area contributed by atoms with Gasteiger partial charge in [-0.15, -0.1) is 0 Å². The van der Waals surface area contributed by atoms with E-state index in [0.29, 0.717) is 17.8 Å². The van der Waals surface area contributed by atoms with Gasteiger partial charge in [-0.2, -0.15) is 5.26 Å². The molecule has 0 unspecified atom stereocenters. The highest BCUT2D eigenvalue weighted by Gasteiger charge is 2.02. The Morgan fingerprint density at radius 3 is 2.94 bits per heavy atom. The van der Waals surface area contributed by atoms with Crippen LogP contribution in [0.1, 0.15) is 11.1 Å². The van der Waals surface area contributed by atoms with Gasteiger partial charge in [-0.3, -0.25) is 4.98 Å². The molecule has 0 aliphatic rings. The van der Waals surface area contributed by atoms with Crippen molar-refractivity contribution in [3.8, 4) is 6.07 Å². The summed E-state index contributed by atoms with van der Waals surface area (Å²) in [6.07, 6.45) is 4.33. The summed E-state index contributed by atoms with van der Waals surface area (Å²) in [5.74, 6) is -0.399. The molecule has 18 heavy (non-hydrogen) atoms. The molecule has 0 aliphatic heterocycles. The molecule has 0 spiro atoms. The van der Waals surface area contributed by atoms with Gasteiger partial charge in [0.05, 0.1) is 11.3 Å². The number of anilines is 1. The zero-order valence-electron chi connectivity index (χ0n) is 9.73. The smallest absolute Gasteiger partial charge is 0.124 e. The van der Waals surface area contributed by atoms with Crippen LogP contribution in [-0.2, 0) is 6.42 Å². The van der Waals surface area contributed by atoms with E-state index in [1.165, 1.54) is 12.1 Å². The monoisotopic (exact) mass is 241 g/mol. The average Bonchev–Trinajstić information content (AvgIpc) is 2.41. The van der Waals surface area contributed by atoms with E-state index in [4.69, 9.17) is 5.26 Å². The molecule has 1 aromatic carbocycles. The first-order valence-electron chi connectivity index (χ1n) is 5.62. The Hall–Kier alpha value is -2.41. The highest BCUT2D eigenvalue weighted by Crippen LogP contribution is 2.15. The van der Waals surface area contributed by atoms with Crippen molar-refractivity contribution in [1.82, 2.24) is 4.98 Å². The highest BCUT2D eigenvalue weighted by atomic mass is 19.1. The Balaban J connectivity index is 1.97. The molecular formula is C14H12FN3. The van der Waals surface area contributed by atoms with Gasteiger partial charge in [0.15, 0.2) is 0 Å². The van der Waals surface area contributed by atoms with Crippen LogP contribution in [-0.4, -0.2) is 11.5 Å². The lowest BCUT2D eigenvalue weighted by atomic mass is 10.1. The van der Waals surface area contributed by atoms with Gasteiger partial charge in [-0.1, -0.05) is 6.07 Å². The van der Waals surface area contributed by atoms with Gasteiger partial charge in [0.25, 0.3) is 0 Å². The summed E-state index contributed by atoms with van der Waals surface area (Å²) in [4.78, 5) is 4.03. The van der Waals surface area contributed by atoms with Gasteiger partial charge >= 0.3 is 0 Å². The predicted molar refractivity (Wildman–Crippen MR) is 67.5 cm³/mol. The number of aromatic nitrogens is 1. The first kappa shape index (κ1) is 12.1. The third-order valence-electron chi connectivity index (χ3n) is 2.55. The van der Waals surface area contributed by atoms with Crippen molar-refractivity contribution in [2.45, 2.75) is 6.42 Å². The lowest BCUT2D eigenvalue weighted by molar-refractivity contribution is 0.627. The number of benzene rings is 1. The van der Waals surface area contributed by atoms with E-state index >= 15 is 0 Å². The molecule has 4 heteroatoms. The molecule has 0 bridgehead atoms. The van der Waals surface area contributed by atoms with Gasteiger partial charge in [0.2, 0.25) is 0 Å². The molecule has 0 fully saturated rings. The number of halogens is 1. The van der Waals surface area contributed by atoms with Crippen LogP contribution in [0.4, 0.5) is 10.1 Å². The van der Waals surface area contributed by atoms with Crippen molar-refractivity contribution in [2.75, 3.05) is 11.9 Å². The second-order valence-electron chi connectivity index (χ2n) is 3.84. The maximum atomic E-state index is 12.9. The zero-order valence-corrected chi connectivity index (χ0v) is 9.73. The average molecular weight is 241 g/mol. The number of pyridine rings is 1. The van der Waals surface area contributed by atoms with Crippen LogP contribution < -0.4 is 5.32 Å². The molecule has 0 radical (unpaired) electrons. The number of nitrogens with zero attached hydrogens (tertiary/aromatic N) is 2. The van der Waals surface area contributed by atoms with E-state index < -0.39 is 5.82 Å². The third-order valence-corrected chi connectivity index (χ3v) is 2.55. The second-order valence-corrected chi connectivity index (χ2v) is 3.84. The Morgan fingerprint density at radius 2 is 2.22 bits per heavy atom. The SMILES string of the molecule is N#Cc1cc(F)ccc1NCCc1cccnc1. The van der Waals surface area contributed by atoms with Crippen LogP contribution in [0.15, 0.2) is 42.7 Å². The Labute approximate surface area is 105 Å². The molecule has 0 saturated heterocycles. The summed E-state index contributed by atoms with van der Waals surface area (Å²) in [5.41, 5.74) is 2.09. The fourth-order valence-electron chi connectivity index (χ4n) is 1.65. The van der Waals surface area contributed by atoms with E-state index in [-0.39, 0.29) is 0 Å². The van der Waals surface area contributed by atoms with Crippen LogP contribution in [0.2, 0.25) is 0 Å². The summed E-state index contributed by atoms with van der Waals surface area (Å²) in [5, 5.41) is 12.0. The van der Waals surface area contributed by atoms with Crippen molar-refractivity contribution < 1.29 is 4.39 Å². The minimum atomic E-state index is -0.399. The highest BCUT2D eigenvalue weighted by molar-refractivity contribution is 5.57. The number of nitriles is 1. The summed E-state index contributed by atoms with van der Waals surface area (Å²) < 4.78 is 12.9. The first-order chi connectivity index (χ1) is 8.79. The van der Waals surface area contributed by atoms with Crippen molar-refractivity contribution in [3.05, 3.63) is 59.7 Å². The van der Waals surface area contributed by atoms with E-state index in [0.717, 1.165) is 12.0 Å². The second kappa shape index (κ2) is 5.78. The third kappa shape index (κ3) is 3.05. The first-order valence-corrected chi connectivity index (χ1v) is 5.62. The maximum Gasteiger partial charge on any atom is 0.124 e. The standard InChI is InChI=1S/C14H12FN3/c15-13-3-4-14(12(8-13)9-16)18-7-5-11-2-1-6-17-10-11/h1-4,6,8,10,18H,5,7H2. The number of rotatable bonds is 4. The predicted octanol–water partition coefficient (Wildman–Crippen LogP) is 2.75. The molecule has 0 saturated carbocycles. The summed E-state index contributed by atoms with van der Waals surface area (Å²) in [7, 11) is 0. The quantitative estimate of drug-likeness (QED) is 0.895. The molecule has 1 aromatic heterocycles. The topological polar surface area (TPSA) is 48.7 Å². The Bertz CT molecular complexity index is 561. The molecule has 0 aliphatic carbocycles. The van der Waals surface area contributed by atoms with Crippen molar-refractivity contribution in [3.63, 3.8) is 0 Å². The van der Waals surface area contributed by atoms with Gasteiger partial charge in [-0.25, -0.2) is 4.39 Å². The number of hydrogen-bond acceptors (Lipinski definition) is 3. The van der Waals surface area contributed by atoms with Crippen LogP contribution in [0, 0.1) is 17.1 Å². The van der Waals surface area contributed by atoms with E-state index in [1.54, 1.807) is 18.5 Å². The molecule has 0 amide bonds. The van der Waals surface area contributed by atoms with Crippen LogP contribution in [0.5, 0.6) is 0 Å². The Kier molecular flexibility index (Phi) is 3.87. The summed E-state index contributed by atoms with van der Waals surface area (Å²) in [6, 6.07) is 9.99. The lowest BCUT2D eigenvalue weighted by Gasteiger charge is -2.08. The summed E-state index contributed by atoms with van der Waals surface area (Å²) in [6.45, 7) is 0.673. The number of hydrogen-bond donors (Lipinski definition) is 1. The minimum Gasteiger partial charge on any atom is -0.384 e. The van der Waals surface area contributed by atoms with Crippen LogP contribution >= 0.6 is 0 Å². The molecule has 2 rings (SSSR count). The fourth-order valence-corrected chi connectivity index (χ4v) is 1.65. The maximum absolute atomic E-state index is 12.9. The minimum absolute atomic E-state index is 0.321. The molecular weight excluding hydrogens is 229 g/mol. The van der Waals surface area contributed by atoms with Crippen molar-refractivity contribution >= 4 is 5.69 Å². The van der Waals surface area contributed by atoms with Gasteiger partial charge in [-0.05, 0) is 36.2 Å². The van der Waals surface area contributed by atoms with Gasteiger partial charge in [0.1, 0.15) is 11.9 Å². The molecule has 1 N–H and O–H groups in total. The van der Waals surface area contributed by atoms with Crippen molar-refractivity contribution in [1.29, 1.82) is 5.26 Å². The summed E-state index contributed by atoms with van der Waals surface area (Å²) >= 11 is 0. The molecule has 2 aromatic rings. The fraction of sp³-hybridized carbons (Fsp3) is 0.143. The molecule has 90 valence electrons.